The first kappa shape index (κ1) is 16.2. The molecule has 0 aliphatic heterocycles. The molecule has 0 unspecified atom stereocenters. The molecule has 0 radical (unpaired) electrons. The minimum Gasteiger partial charge on any atom is -0.456 e. The smallest absolute Gasteiger partial charge is 0.287 e. The highest BCUT2D eigenvalue weighted by molar-refractivity contribution is 5.91. The lowest BCUT2D eigenvalue weighted by Gasteiger charge is -2.18. The molecule has 0 aliphatic carbocycles. The van der Waals surface area contributed by atoms with E-state index in [1.807, 2.05) is 43.5 Å². The van der Waals surface area contributed by atoms with Gasteiger partial charge in [-0.1, -0.05) is 48.5 Å². The molecule has 2 heterocycles. The number of aromatic amines is 1. The first-order valence-corrected chi connectivity index (χ1v) is 8.68. The average molecular weight is 344 g/mol. The molecule has 0 saturated carbocycles. The van der Waals surface area contributed by atoms with Crippen LogP contribution in [0.25, 0.3) is 10.9 Å². The Morgan fingerprint density at radius 1 is 1.04 bits per heavy atom. The summed E-state index contributed by atoms with van der Waals surface area (Å²) in [6, 6.07) is 21.9. The first-order valence-electron chi connectivity index (χ1n) is 8.68. The largest absolute Gasteiger partial charge is 0.456 e. The zero-order valence-corrected chi connectivity index (χ0v) is 14.5. The number of para-hydroxylation sites is 1. The number of H-pyrrole nitrogens is 1. The van der Waals surface area contributed by atoms with Crippen molar-refractivity contribution < 1.29 is 9.21 Å². The molecule has 0 fully saturated rings. The number of aromatic nitrogens is 1. The molecule has 0 spiro atoms. The molecule has 4 rings (SSSR count). The highest BCUT2D eigenvalue weighted by Crippen LogP contribution is 2.30. The van der Waals surface area contributed by atoms with Gasteiger partial charge in [-0.3, -0.25) is 4.79 Å². The van der Waals surface area contributed by atoms with Crippen molar-refractivity contribution in [2.45, 2.75) is 12.8 Å². The van der Waals surface area contributed by atoms with E-state index in [0.29, 0.717) is 12.3 Å². The van der Waals surface area contributed by atoms with Crippen molar-refractivity contribution in [2.75, 3.05) is 6.54 Å². The third kappa shape index (κ3) is 3.14. The maximum atomic E-state index is 12.4. The van der Waals surface area contributed by atoms with Crippen molar-refractivity contribution in [3.05, 3.63) is 95.6 Å². The number of carbonyl (C=O) groups is 1. The fourth-order valence-electron chi connectivity index (χ4n) is 3.31. The maximum Gasteiger partial charge on any atom is 0.287 e. The Hall–Kier alpha value is -3.27. The Balaban J connectivity index is 1.65. The molecular formula is C22H20N2O2. The van der Waals surface area contributed by atoms with Gasteiger partial charge in [0.15, 0.2) is 5.76 Å². The van der Waals surface area contributed by atoms with E-state index in [-0.39, 0.29) is 11.8 Å². The minimum absolute atomic E-state index is 0.0485. The van der Waals surface area contributed by atoms with Gasteiger partial charge < -0.3 is 14.7 Å². The van der Waals surface area contributed by atoms with Gasteiger partial charge in [0.05, 0.1) is 0 Å². The summed E-state index contributed by atoms with van der Waals surface area (Å²) in [5.74, 6) is 0.922. The lowest BCUT2D eigenvalue weighted by Crippen LogP contribution is -2.28. The topological polar surface area (TPSA) is 58.0 Å². The monoisotopic (exact) mass is 344 g/mol. The van der Waals surface area contributed by atoms with Gasteiger partial charge in [0.25, 0.3) is 5.91 Å². The number of carbonyl (C=O) groups excluding carboxylic acids is 1. The molecule has 2 aromatic heterocycles. The van der Waals surface area contributed by atoms with Gasteiger partial charge in [-0.25, -0.2) is 0 Å². The predicted molar refractivity (Wildman–Crippen MR) is 102 cm³/mol. The van der Waals surface area contributed by atoms with E-state index in [9.17, 15) is 4.79 Å². The summed E-state index contributed by atoms with van der Waals surface area (Å²) in [6.07, 6.45) is 2.03. The maximum absolute atomic E-state index is 12.4. The van der Waals surface area contributed by atoms with E-state index >= 15 is 0 Å². The fourth-order valence-corrected chi connectivity index (χ4v) is 3.31. The zero-order valence-electron chi connectivity index (χ0n) is 14.5. The summed E-state index contributed by atoms with van der Waals surface area (Å²) in [6.45, 7) is 2.32. The molecule has 0 aliphatic rings. The Kier molecular flexibility index (Phi) is 4.32. The van der Waals surface area contributed by atoms with Crippen LogP contribution in [0.2, 0.25) is 0 Å². The van der Waals surface area contributed by atoms with E-state index in [1.54, 1.807) is 12.1 Å². The van der Waals surface area contributed by atoms with Crippen LogP contribution >= 0.6 is 0 Å². The molecule has 1 atom stereocenters. The quantitative estimate of drug-likeness (QED) is 0.554. The van der Waals surface area contributed by atoms with Gasteiger partial charge in [0.2, 0.25) is 0 Å². The average Bonchev–Trinajstić information content (AvgIpc) is 3.29. The summed E-state index contributed by atoms with van der Waals surface area (Å²) in [5, 5.41) is 4.19. The van der Waals surface area contributed by atoms with Crippen molar-refractivity contribution in [1.29, 1.82) is 0 Å². The fraction of sp³-hybridized carbons (Fsp3) is 0.136. The summed E-state index contributed by atoms with van der Waals surface area (Å²) < 4.78 is 5.43. The number of furan rings is 1. The Labute approximate surface area is 151 Å². The third-order valence-corrected chi connectivity index (χ3v) is 4.63. The van der Waals surface area contributed by atoms with E-state index in [2.05, 4.69) is 34.6 Å². The van der Waals surface area contributed by atoms with Gasteiger partial charge in [-0.05, 0) is 36.2 Å². The van der Waals surface area contributed by atoms with Crippen LogP contribution in [0.1, 0.15) is 33.4 Å². The Bertz CT molecular complexity index is 1030. The highest BCUT2D eigenvalue weighted by Gasteiger charge is 2.20. The zero-order chi connectivity index (χ0) is 17.9. The summed E-state index contributed by atoms with van der Waals surface area (Å²) in [4.78, 5) is 15.7. The number of benzene rings is 2. The number of fused-ring (bicyclic) bond motifs is 1. The van der Waals surface area contributed by atoms with E-state index in [0.717, 1.165) is 16.8 Å². The van der Waals surface area contributed by atoms with Crippen LogP contribution in [-0.2, 0) is 0 Å². The second-order valence-corrected chi connectivity index (χ2v) is 6.37. The first-order chi connectivity index (χ1) is 12.7. The van der Waals surface area contributed by atoms with Crippen LogP contribution in [-0.4, -0.2) is 17.4 Å². The number of hydrogen-bond donors (Lipinski definition) is 2. The SMILES string of the molecule is Cc1ccc(C(=O)NC[C@H](c2ccccc2)c2c[nH]c3ccccc23)o1. The molecule has 26 heavy (non-hydrogen) atoms. The standard InChI is InChI=1S/C22H20N2O2/c1-15-11-12-21(26-15)22(25)24-13-18(16-7-3-2-4-8-16)19-14-23-20-10-6-5-9-17(19)20/h2-12,14,18,23H,13H2,1H3,(H,24,25)/t18-/m1/s1. The normalized spacial score (nSPS) is 12.2. The molecule has 0 saturated heterocycles. The molecule has 4 heteroatoms. The summed E-state index contributed by atoms with van der Waals surface area (Å²) >= 11 is 0. The molecule has 4 aromatic rings. The molecule has 1 amide bonds. The van der Waals surface area contributed by atoms with Crippen LogP contribution in [0.3, 0.4) is 0 Å². The van der Waals surface area contributed by atoms with Crippen LogP contribution in [0.4, 0.5) is 0 Å². The molecule has 2 aromatic carbocycles. The number of nitrogens with one attached hydrogen (secondary N) is 2. The van der Waals surface area contributed by atoms with Crippen LogP contribution < -0.4 is 5.32 Å². The van der Waals surface area contributed by atoms with Crippen LogP contribution in [0.5, 0.6) is 0 Å². The van der Waals surface area contributed by atoms with Gasteiger partial charge in [0, 0.05) is 29.6 Å². The van der Waals surface area contributed by atoms with E-state index < -0.39 is 0 Å². The second kappa shape index (κ2) is 6.92. The van der Waals surface area contributed by atoms with Crippen molar-refractivity contribution >= 4 is 16.8 Å². The van der Waals surface area contributed by atoms with Gasteiger partial charge in [-0.15, -0.1) is 0 Å². The Morgan fingerprint density at radius 3 is 2.58 bits per heavy atom. The predicted octanol–water partition coefficient (Wildman–Crippen LogP) is 4.63. The second-order valence-electron chi connectivity index (χ2n) is 6.37. The van der Waals surface area contributed by atoms with Crippen molar-refractivity contribution in [3.8, 4) is 0 Å². The van der Waals surface area contributed by atoms with Crippen LogP contribution in [0, 0.1) is 6.92 Å². The molecule has 0 bridgehead atoms. The summed E-state index contributed by atoms with van der Waals surface area (Å²) in [5.41, 5.74) is 3.42. The van der Waals surface area contributed by atoms with Gasteiger partial charge in [-0.2, -0.15) is 0 Å². The van der Waals surface area contributed by atoms with Crippen molar-refractivity contribution in [3.63, 3.8) is 0 Å². The van der Waals surface area contributed by atoms with Crippen LogP contribution in [0.15, 0.2) is 77.3 Å². The van der Waals surface area contributed by atoms with Gasteiger partial charge in [0.1, 0.15) is 5.76 Å². The van der Waals surface area contributed by atoms with Gasteiger partial charge >= 0.3 is 0 Å². The van der Waals surface area contributed by atoms with Crippen molar-refractivity contribution in [2.24, 2.45) is 0 Å². The number of amides is 1. The minimum atomic E-state index is -0.195. The molecular weight excluding hydrogens is 324 g/mol. The lowest BCUT2D eigenvalue weighted by molar-refractivity contribution is 0.0923. The number of aryl methyl sites for hydroxylation is 1. The van der Waals surface area contributed by atoms with E-state index in [1.165, 1.54) is 10.9 Å². The number of rotatable bonds is 5. The lowest BCUT2D eigenvalue weighted by atomic mass is 9.91. The highest BCUT2D eigenvalue weighted by atomic mass is 16.3. The Morgan fingerprint density at radius 2 is 1.81 bits per heavy atom. The molecule has 4 nitrogen and oxygen atoms in total. The van der Waals surface area contributed by atoms with E-state index in [4.69, 9.17) is 4.42 Å². The molecule has 130 valence electrons. The van der Waals surface area contributed by atoms with Crippen molar-refractivity contribution in [1.82, 2.24) is 10.3 Å². The molecule has 2 N–H and O–H groups in total. The number of hydrogen-bond acceptors (Lipinski definition) is 2. The third-order valence-electron chi connectivity index (χ3n) is 4.63. The summed E-state index contributed by atoms with van der Waals surface area (Å²) in [7, 11) is 0.